The van der Waals surface area contributed by atoms with Gasteiger partial charge in [0.15, 0.2) is 0 Å². The van der Waals surface area contributed by atoms with Crippen molar-refractivity contribution in [2.45, 2.75) is 20.8 Å². The van der Waals surface area contributed by atoms with Crippen molar-refractivity contribution in [1.29, 1.82) is 0 Å². The number of hydrogen-bond donors (Lipinski definition) is 0. The molecule has 2 aromatic carbocycles. The van der Waals surface area contributed by atoms with E-state index in [0.717, 1.165) is 13.1 Å². The third kappa shape index (κ3) is 3.67. The second kappa shape index (κ2) is 8.87. The lowest BCUT2D eigenvalue weighted by Crippen LogP contribution is -3.00. The third-order valence-electron chi connectivity index (χ3n) is 4.04. The molecule has 2 aromatic rings. The van der Waals surface area contributed by atoms with Crippen LogP contribution in [0.1, 0.15) is 20.8 Å². The lowest BCUT2D eigenvalue weighted by Gasteiger charge is -2.35. The zero-order valence-corrected chi connectivity index (χ0v) is 16.2. The smallest absolute Gasteiger partial charge is 0.148 e. The van der Waals surface area contributed by atoms with E-state index in [1.807, 2.05) is 0 Å². The van der Waals surface area contributed by atoms with Crippen molar-refractivity contribution < 1.29 is 24.0 Å². The Morgan fingerprint density at radius 2 is 1.10 bits per heavy atom. The normalized spacial score (nSPS) is 11.2. The Labute approximate surface area is 147 Å². The van der Waals surface area contributed by atoms with E-state index in [4.69, 9.17) is 0 Å². The van der Waals surface area contributed by atoms with Gasteiger partial charge in [0.25, 0.3) is 0 Å². The second-order valence-corrected chi connectivity index (χ2v) is 8.67. The van der Waals surface area contributed by atoms with E-state index in [1.165, 1.54) is 16.8 Å². The van der Waals surface area contributed by atoms with Crippen LogP contribution in [0.3, 0.4) is 0 Å². The summed E-state index contributed by atoms with van der Waals surface area (Å²) in [5.41, 5.74) is 0. The summed E-state index contributed by atoms with van der Waals surface area (Å²) < 4.78 is 2.68. The van der Waals surface area contributed by atoms with Crippen LogP contribution in [0.2, 0.25) is 0 Å². The van der Waals surface area contributed by atoms with Gasteiger partial charge in [-0.15, -0.1) is 0 Å². The Balaban J connectivity index is 0.00000220. The van der Waals surface area contributed by atoms with Gasteiger partial charge in [-0.3, -0.25) is 0 Å². The minimum atomic E-state index is -1.46. The summed E-state index contributed by atoms with van der Waals surface area (Å²) >= 11 is 0. The van der Waals surface area contributed by atoms with Crippen LogP contribution in [-0.4, -0.2) is 23.9 Å². The maximum absolute atomic E-state index is 2.68. The van der Waals surface area contributed by atoms with E-state index in [9.17, 15) is 0 Å². The van der Waals surface area contributed by atoms with Gasteiger partial charge in [0.2, 0.25) is 0 Å². The molecule has 0 saturated carbocycles. The molecule has 1 nitrogen and oxygen atoms in total. The van der Waals surface area contributed by atoms with Crippen LogP contribution in [-0.2, 0) is 0 Å². The molecule has 0 fully saturated rings. The van der Waals surface area contributed by atoms with Gasteiger partial charge in [-0.25, -0.2) is 0 Å². The molecule has 0 amide bonds. The first-order valence-corrected chi connectivity index (χ1v) is 9.47. The van der Waals surface area contributed by atoms with E-state index in [1.54, 1.807) is 0 Å². The molecule has 0 spiro atoms. The third-order valence-corrected chi connectivity index (χ3v) is 8.79. The molecule has 0 aliphatic rings. The van der Waals surface area contributed by atoms with E-state index in [2.05, 4.69) is 86.1 Å². The van der Waals surface area contributed by atoms with E-state index < -0.39 is 7.41 Å². The lowest BCUT2D eigenvalue weighted by molar-refractivity contribution is -0.00000425. The first kappa shape index (κ1) is 18.6. The maximum Gasteiger partial charge on any atom is 0.148 e. The summed E-state index contributed by atoms with van der Waals surface area (Å²) in [6.45, 7) is 9.09. The van der Waals surface area contributed by atoms with Gasteiger partial charge < -0.3 is 24.0 Å². The van der Waals surface area contributed by atoms with Gasteiger partial charge in [-0.05, 0) is 45.0 Å². The molecule has 0 unspecified atom stereocenters. The van der Waals surface area contributed by atoms with Crippen molar-refractivity contribution in [3.05, 3.63) is 60.7 Å². The van der Waals surface area contributed by atoms with Gasteiger partial charge in [0, 0.05) is 13.1 Å². The largest absolute Gasteiger partial charge is 1.00 e. The minimum Gasteiger partial charge on any atom is -1.00 e. The number of halogens is 1. The summed E-state index contributed by atoms with van der Waals surface area (Å²) in [4.78, 5) is 0. The Bertz CT molecular complexity index is 472. The van der Waals surface area contributed by atoms with E-state index >= 15 is 0 Å². The topological polar surface area (TPSA) is 3.24 Å². The molecule has 0 aliphatic carbocycles. The van der Waals surface area contributed by atoms with Crippen LogP contribution in [0.15, 0.2) is 60.7 Å². The first-order chi connectivity index (χ1) is 9.79. The van der Waals surface area contributed by atoms with Crippen molar-refractivity contribution in [1.82, 2.24) is 4.67 Å². The second-order valence-electron chi connectivity index (χ2n) is 4.90. The zero-order chi connectivity index (χ0) is 14.4. The molecule has 0 aliphatic heterocycles. The van der Waals surface area contributed by atoms with Crippen molar-refractivity contribution in [3.63, 3.8) is 0 Å². The standard InChI is InChI=1S/C18H25NP.HI/c1-4-19(5-2)20(6-3,17-13-9-7-10-14-17)18-15-11-8-12-16-18;/h7-16H,4-6H2,1-3H3;1H/q+1;/p-1. The van der Waals surface area contributed by atoms with Gasteiger partial charge in [0.1, 0.15) is 18.0 Å². The SMILES string of the molecule is CCN(CC)[P+](CC)(c1ccccc1)c1ccccc1.[I-]. The fourth-order valence-electron chi connectivity index (χ4n) is 3.10. The number of hydrogen-bond acceptors (Lipinski definition) is 1. The predicted octanol–water partition coefficient (Wildman–Crippen LogP) is 0.936. The number of rotatable bonds is 6. The monoisotopic (exact) mass is 413 g/mol. The highest BCUT2D eigenvalue weighted by molar-refractivity contribution is 7.87. The highest BCUT2D eigenvalue weighted by Gasteiger charge is 2.46. The average Bonchev–Trinajstić information content (AvgIpc) is 2.54. The van der Waals surface area contributed by atoms with Crippen LogP contribution in [0.4, 0.5) is 0 Å². The number of benzene rings is 2. The average molecular weight is 413 g/mol. The fraction of sp³-hybridized carbons (Fsp3) is 0.333. The Kier molecular flexibility index (Phi) is 7.86. The molecular formula is C18H25INP. The summed E-state index contributed by atoms with van der Waals surface area (Å²) in [6, 6.07) is 22.1. The minimum absolute atomic E-state index is 0. The Morgan fingerprint density at radius 3 is 1.38 bits per heavy atom. The highest BCUT2D eigenvalue weighted by Crippen LogP contribution is 2.58. The van der Waals surface area contributed by atoms with Crippen LogP contribution in [0, 0.1) is 0 Å². The van der Waals surface area contributed by atoms with Crippen molar-refractivity contribution in [2.75, 3.05) is 19.3 Å². The van der Waals surface area contributed by atoms with Gasteiger partial charge >= 0.3 is 0 Å². The molecule has 114 valence electrons. The van der Waals surface area contributed by atoms with E-state index in [-0.39, 0.29) is 24.0 Å². The molecule has 0 heterocycles. The van der Waals surface area contributed by atoms with E-state index in [0.29, 0.717) is 0 Å². The Morgan fingerprint density at radius 1 is 0.714 bits per heavy atom. The molecule has 0 N–H and O–H groups in total. The van der Waals surface area contributed by atoms with Crippen molar-refractivity contribution in [2.24, 2.45) is 0 Å². The fourth-order valence-corrected chi connectivity index (χ4v) is 7.47. The maximum atomic E-state index is 2.68. The molecule has 0 bridgehead atoms. The first-order valence-electron chi connectivity index (χ1n) is 7.54. The molecule has 0 saturated heterocycles. The summed E-state index contributed by atoms with van der Waals surface area (Å²) in [6.07, 6.45) is 1.18. The van der Waals surface area contributed by atoms with Crippen LogP contribution < -0.4 is 34.6 Å². The summed E-state index contributed by atoms with van der Waals surface area (Å²) in [5.74, 6) is 0. The molecular weight excluding hydrogens is 388 g/mol. The van der Waals surface area contributed by atoms with Crippen LogP contribution >= 0.6 is 7.41 Å². The number of nitrogens with zero attached hydrogens (tertiary/aromatic N) is 1. The van der Waals surface area contributed by atoms with Crippen LogP contribution in [0.5, 0.6) is 0 Å². The highest BCUT2D eigenvalue weighted by atomic mass is 127. The molecule has 21 heavy (non-hydrogen) atoms. The molecule has 0 atom stereocenters. The molecule has 0 radical (unpaired) electrons. The van der Waals surface area contributed by atoms with Crippen molar-refractivity contribution in [3.8, 4) is 0 Å². The lowest BCUT2D eigenvalue weighted by atomic mass is 10.4. The predicted molar refractivity (Wildman–Crippen MR) is 92.5 cm³/mol. The zero-order valence-electron chi connectivity index (χ0n) is 13.2. The summed E-state index contributed by atoms with van der Waals surface area (Å²) in [7, 11) is -1.46. The van der Waals surface area contributed by atoms with Gasteiger partial charge in [-0.2, -0.15) is 4.67 Å². The van der Waals surface area contributed by atoms with Crippen LogP contribution in [0.25, 0.3) is 0 Å². The molecule has 3 heteroatoms. The molecule has 0 aromatic heterocycles. The van der Waals surface area contributed by atoms with Crippen molar-refractivity contribution >= 4 is 18.0 Å². The van der Waals surface area contributed by atoms with Gasteiger partial charge in [0.05, 0.1) is 6.16 Å². The van der Waals surface area contributed by atoms with Gasteiger partial charge in [-0.1, -0.05) is 36.4 Å². The Hall–Kier alpha value is -0.440. The quantitative estimate of drug-likeness (QED) is 0.504. The molecule has 2 rings (SSSR count). The summed E-state index contributed by atoms with van der Waals surface area (Å²) in [5, 5.41) is 3.00.